The molecule has 12 nitrogen and oxygen atoms in total. The first-order valence-electron chi connectivity index (χ1n) is 21.1. The summed E-state index contributed by atoms with van der Waals surface area (Å²) in [5, 5.41) is 0. The van der Waals surface area contributed by atoms with Crippen molar-refractivity contribution in [1.82, 2.24) is 0 Å². The van der Waals surface area contributed by atoms with Gasteiger partial charge >= 0.3 is 11.9 Å². The van der Waals surface area contributed by atoms with Crippen molar-refractivity contribution in [2.45, 2.75) is 136 Å². The van der Waals surface area contributed by atoms with Crippen molar-refractivity contribution in [3.05, 3.63) is 0 Å². The largest absolute Gasteiger partial charge is 0.463 e. The Labute approximate surface area is 323 Å². The van der Waals surface area contributed by atoms with E-state index in [1.807, 2.05) is 0 Å². The maximum Gasteiger partial charge on any atom is 0.305 e. The summed E-state index contributed by atoms with van der Waals surface area (Å²) in [7, 11) is 0. The minimum Gasteiger partial charge on any atom is -0.463 e. The van der Waals surface area contributed by atoms with Crippen LogP contribution in [-0.4, -0.2) is 131 Å². The van der Waals surface area contributed by atoms with Crippen LogP contribution in [0.1, 0.15) is 136 Å². The lowest BCUT2D eigenvalue weighted by atomic mass is 10.0. The normalized spacial score (nSPS) is 11.4. The predicted molar refractivity (Wildman–Crippen MR) is 208 cm³/mol. The van der Waals surface area contributed by atoms with Gasteiger partial charge in [0.05, 0.1) is 106 Å². The summed E-state index contributed by atoms with van der Waals surface area (Å²) in [4.78, 5) is 23.4. The number of hydrogen-bond acceptors (Lipinski definition) is 12. The maximum atomic E-state index is 11.9. The lowest BCUT2D eigenvalue weighted by Crippen LogP contribution is -2.15. The second-order valence-corrected chi connectivity index (χ2v) is 13.1. The van der Waals surface area contributed by atoms with Gasteiger partial charge in [-0.25, -0.2) is 0 Å². The second kappa shape index (κ2) is 46.8. The zero-order valence-corrected chi connectivity index (χ0v) is 34.1. The molecule has 316 valence electrons. The summed E-state index contributed by atoms with van der Waals surface area (Å²) in [6, 6.07) is 0. The summed E-state index contributed by atoms with van der Waals surface area (Å²) >= 11 is 0. The molecule has 0 unspecified atom stereocenters. The SMILES string of the molecule is CCCCCCCCCCCCCCCC(=O)OCCOCCOCCOCCOCCOCCOCCOCCOCCOC(=O)CCCCCC. The van der Waals surface area contributed by atoms with Crippen molar-refractivity contribution < 1.29 is 57.0 Å². The number of carbonyl (C=O) groups is 2. The zero-order chi connectivity index (χ0) is 38.4. The van der Waals surface area contributed by atoms with Gasteiger partial charge in [-0.05, 0) is 12.8 Å². The Morgan fingerprint density at radius 1 is 0.264 bits per heavy atom. The van der Waals surface area contributed by atoms with E-state index in [9.17, 15) is 9.59 Å². The van der Waals surface area contributed by atoms with Crippen LogP contribution in [0.4, 0.5) is 0 Å². The Balaban J connectivity index is 3.15. The van der Waals surface area contributed by atoms with E-state index in [0.717, 1.165) is 38.5 Å². The molecule has 12 heteroatoms. The van der Waals surface area contributed by atoms with Gasteiger partial charge in [-0.15, -0.1) is 0 Å². The van der Waals surface area contributed by atoms with Crippen LogP contribution in [-0.2, 0) is 57.0 Å². The Morgan fingerprint density at radius 3 is 0.698 bits per heavy atom. The summed E-state index contributed by atoms with van der Waals surface area (Å²) in [5.41, 5.74) is 0. The molecule has 0 aromatic heterocycles. The fraction of sp³-hybridized carbons (Fsp3) is 0.951. The van der Waals surface area contributed by atoms with Crippen LogP contribution < -0.4 is 0 Å². The minimum atomic E-state index is -0.153. The van der Waals surface area contributed by atoms with Crippen LogP contribution in [0.2, 0.25) is 0 Å². The quantitative estimate of drug-likeness (QED) is 0.0446. The van der Waals surface area contributed by atoms with Crippen molar-refractivity contribution in [2.24, 2.45) is 0 Å². The van der Waals surface area contributed by atoms with Crippen molar-refractivity contribution in [1.29, 1.82) is 0 Å². The number of hydrogen-bond donors (Lipinski definition) is 0. The molecule has 0 saturated carbocycles. The molecule has 0 N–H and O–H groups in total. The molecular weight excluding hydrogens is 684 g/mol. The van der Waals surface area contributed by atoms with E-state index in [0.29, 0.717) is 119 Å². The number of ether oxygens (including phenoxy) is 10. The fourth-order valence-electron chi connectivity index (χ4n) is 5.20. The van der Waals surface area contributed by atoms with Crippen LogP contribution in [0, 0.1) is 0 Å². The summed E-state index contributed by atoms with van der Waals surface area (Å²) in [6.45, 7) is 12.5. The Bertz CT molecular complexity index is 727. The molecule has 0 fully saturated rings. The van der Waals surface area contributed by atoms with Crippen LogP contribution in [0.15, 0.2) is 0 Å². The molecule has 0 aliphatic carbocycles. The molecule has 0 bridgehead atoms. The molecule has 0 heterocycles. The molecule has 53 heavy (non-hydrogen) atoms. The van der Waals surface area contributed by atoms with Gasteiger partial charge in [-0.1, -0.05) is 110 Å². The van der Waals surface area contributed by atoms with Gasteiger partial charge in [0.2, 0.25) is 0 Å². The second-order valence-electron chi connectivity index (χ2n) is 13.1. The van der Waals surface area contributed by atoms with E-state index in [1.54, 1.807) is 0 Å². The van der Waals surface area contributed by atoms with Gasteiger partial charge in [0.1, 0.15) is 13.2 Å². The Hall–Kier alpha value is -1.38. The third-order valence-electron chi connectivity index (χ3n) is 8.30. The molecule has 0 aliphatic rings. The van der Waals surface area contributed by atoms with E-state index >= 15 is 0 Å². The first kappa shape index (κ1) is 51.6. The van der Waals surface area contributed by atoms with Gasteiger partial charge in [0.25, 0.3) is 0 Å². The Kier molecular flexibility index (Phi) is 45.6. The van der Waals surface area contributed by atoms with Crippen molar-refractivity contribution in [3.63, 3.8) is 0 Å². The third kappa shape index (κ3) is 46.7. The van der Waals surface area contributed by atoms with E-state index in [4.69, 9.17) is 47.4 Å². The van der Waals surface area contributed by atoms with Gasteiger partial charge < -0.3 is 47.4 Å². The third-order valence-corrected chi connectivity index (χ3v) is 8.30. The van der Waals surface area contributed by atoms with Crippen LogP contribution in [0.3, 0.4) is 0 Å². The molecule has 0 aromatic rings. The molecule has 0 atom stereocenters. The number of rotatable bonds is 46. The molecule has 0 amide bonds. The van der Waals surface area contributed by atoms with Gasteiger partial charge in [0.15, 0.2) is 0 Å². The first-order chi connectivity index (χ1) is 26.2. The molecule has 0 radical (unpaired) electrons. The highest BCUT2D eigenvalue weighted by Crippen LogP contribution is 2.13. The van der Waals surface area contributed by atoms with Crippen molar-refractivity contribution in [3.8, 4) is 0 Å². The predicted octanol–water partition coefficient (Wildman–Crippen LogP) is 7.66. The molecule has 0 rings (SSSR count). The topological polar surface area (TPSA) is 126 Å². The molecule has 0 saturated heterocycles. The monoisotopic (exact) mass is 765 g/mol. The van der Waals surface area contributed by atoms with E-state index in [-0.39, 0.29) is 25.2 Å². The van der Waals surface area contributed by atoms with Crippen LogP contribution >= 0.6 is 0 Å². The van der Waals surface area contributed by atoms with E-state index in [2.05, 4.69) is 13.8 Å². The lowest BCUT2D eigenvalue weighted by molar-refractivity contribution is -0.146. The maximum absolute atomic E-state index is 11.9. The minimum absolute atomic E-state index is 0.133. The Morgan fingerprint density at radius 2 is 0.453 bits per heavy atom. The smallest absolute Gasteiger partial charge is 0.305 e. The van der Waals surface area contributed by atoms with Crippen molar-refractivity contribution in [2.75, 3.05) is 119 Å². The summed E-state index contributed by atoms with van der Waals surface area (Å²) < 4.78 is 54.2. The zero-order valence-electron chi connectivity index (χ0n) is 34.1. The number of unbranched alkanes of at least 4 members (excludes halogenated alkanes) is 15. The van der Waals surface area contributed by atoms with Crippen molar-refractivity contribution >= 4 is 11.9 Å². The lowest BCUT2D eigenvalue weighted by Gasteiger charge is -2.09. The van der Waals surface area contributed by atoms with E-state index in [1.165, 1.54) is 70.6 Å². The fourth-order valence-corrected chi connectivity index (χ4v) is 5.20. The summed E-state index contributed by atoms with van der Waals surface area (Å²) in [6.07, 6.45) is 22.1. The average Bonchev–Trinajstić information content (AvgIpc) is 3.16. The molecule has 0 aromatic carbocycles. The molecular formula is C41H80O12. The number of esters is 2. The van der Waals surface area contributed by atoms with Crippen LogP contribution in [0.5, 0.6) is 0 Å². The first-order valence-corrected chi connectivity index (χ1v) is 21.1. The summed E-state index contributed by atoms with van der Waals surface area (Å²) in [5.74, 6) is -0.286. The highest BCUT2D eigenvalue weighted by atomic mass is 16.6. The highest BCUT2D eigenvalue weighted by molar-refractivity contribution is 5.69. The van der Waals surface area contributed by atoms with Gasteiger partial charge in [0, 0.05) is 12.8 Å². The highest BCUT2D eigenvalue weighted by Gasteiger charge is 2.04. The molecule has 0 spiro atoms. The molecule has 0 aliphatic heterocycles. The average molecular weight is 765 g/mol. The standard InChI is InChI=1S/C41H80O12/c1-3-5-7-9-10-11-12-13-14-15-16-17-19-21-41(43)53-39-37-51-35-33-49-31-29-47-27-25-45-23-22-44-24-26-46-28-30-48-32-34-50-36-38-52-40(42)20-18-8-6-4-2/h3-39H2,1-2H3. The van der Waals surface area contributed by atoms with E-state index < -0.39 is 0 Å². The van der Waals surface area contributed by atoms with Gasteiger partial charge in [-0.3, -0.25) is 9.59 Å². The van der Waals surface area contributed by atoms with Crippen LogP contribution in [0.25, 0.3) is 0 Å². The van der Waals surface area contributed by atoms with Gasteiger partial charge in [-0.2, -0.15) is 0 Å². The number of carbonyl (C=O) groups excluding carboxylic acids is 2.